The zero-order chi connectivity index (χ0) is 27.8. The zero-order valence-corrected chi connectivity index (χ0v) is 23.0. The third kappa shape index (κ3) is 6.63. The molecule has 39 heavy (non-hydrogen) atoms. The van der Waals surface area contributed by atoms with E-state index >= 15 is 0 Å². The minimum absolute atomic E-state index is 0.00258. The maximum Gasteiger partial charge on any atom is 0.251 e. The number of amides is 3. The van der Waals surface area contributed by atoms with Gasteiger partial charge in [0.1, 0.15) is 0 Å². The molecule has 3 amide bonds. The number of nitrogens with one attached hydrogen (secondary N) is 1. The van der Waals surface area contributed by atoms with Gasteiger partial charge in [-0.1, -0.05) is 91.0 Å². The van der Waals surface area contributed by atoms with Crippen LogP contribution in [0.25, 0.3) is 0 Å². The summed E-state index contributed by atoms with van der Waals surface area (Å²) in [5.41, 5.74) is 4.17. The molecule has 0 fully saturated rings. The molecule has 3 aromatic carbocycles. The second-order valence-corrected chi connectivity index (χ2v) is 9.88. The molecule has 1 heterocycles. The first-order chi connectivity index (χ1) is 18.9. The molecule has 3 aromatic rings. The Bertz CT molecular complexity index is 1260. The van der Waals surface area contributed by atoms with Gasteiger partial charge in [0.15, 0.2) is 0 Å². The number of likely N-dealkylation sites (N-methyl/N-ethyl adjacent to an activating group) is 1. The van der Waals surface area contributed by atoms with E-state index < -0.39 is 5.92 Å². The zero-order valence-electron chi connectivity index (χ0n) is 23.0. The summed E-state index contributed by atoms with van der Waals surface area (Å²) in [7, 11) is 0. The summed E-state index contributed by atoms with van der Waals surface area (Å²) in [5, 5.41) is 3.16. The van der Waals surface area contributed by atoms with Crippen LogP contribution in [0.5, 0.6) is 0 Å². The van der Waals surface area contributed by atoms with Gasteiger partial charge in [0, 0.05) is 30.8 Å². The van der Waals surface area contributed by atoms with Gasteiger partial charge < -0.3 is 15.1 Å². The summed E-state index contributed by atoms with van der Waals surface area (Å²) in [6.07, 6.45) is 0.253. The van der Waals surface area contributed by atoms with Crippen LogP contribution in [-0.2, 0) is 20.9 Å². The van der Waals surface area contributed by atoms with Crippen LogP contribution in [0, 0.1) is 5.92 Å². The molecule has 0 spiro atoms. The summed E-state index contributed by atoms with van der Waals surface area (Å²) < 4.78 is 0. The molecule has 1 atom stereocenters. The van der Waals surface area contributed by atoms with Crippen LogP contribution in [0.15, 0.2) is 102 Å². The SMILES string of the molecule is CCN(CC)C(=O)C1=C(C)N(Cc2ccccc2)C(=O)C(CC(=O)NC(c2ccccc2)c2ccccc2)C1. The van der Waals surface area contributed by atoms with Crippen LogP contribution in [0.2, 0.25) is 0 Å². The van der Waals surface area contributed by atoms with Crippen molar-refractivity contribution >= 4 is 17.7 Å². The highest BCUT2D eigenvalue weighted by Crippen LogP contribution is 2.32. The second-order valence-electron chi connectivity index (χ2n) is 9.88. The number of carbonyl (C=O) groups excluding carboxylic acids is 3. The lowest BCUT2D eigenvalue weighted by atomic mass is 9.87. The molecular formula is C33H37N3O3. The largest absolute Gasteiger partial charge is 0.345 e. The van der Waals surface area contributed by atoms with Crippen LogP contribution in [-0.4, -0.2) is 40.6 Å². The van der Waals surface area contributed by atoms with E-state index in [0.29, 0.717) is 30.9 Å². The molecule has 1 N–H and O–H groups in total. The van der Waals surface area contributed by atoms with Gasteiger partial charge in [-0.25, -0.2) is 0 Å². The van der Waals surface area contributed by atoms with Gasteiger partial charge in [0.2, 0.25) is 11.8 Å². The summed E-state index contributed by atoms with van der Waals surface area (Å²) in [4.78, 5) is 44.2. The predicted octanol–water partition coefficient (Wildman–Crippen LogP) is 5.47. The van der Waals surface area contributed by atoms with Crippen molar-refractivity contribution < 1.29 is 14.4 Å². The quantitative estimate of drug-likeness (QED) is 0.383. The Labute approximate surface area is 231 Å². The highest BCUT2D eigenvalue weighted by Gasteiger charge is 2.37. The molecule has 1 aliphatic rings. The van der Waals surface area contributed by atoms with Gasteiger partial charge in [-0.2, -0.15) is 0 Å². The van der Waals surface area contributed by atoms with Gasteiger partial charge in [0.05, 0.1) is 18.5 Å². The van der Waals surface area contributed by atoms with Crippen molar-refractivity contribution in [2.75, 3.05) is 13.1 Å². The lowest BCUT2D eigenvalue weighted by Crippen LogP contribution is -2.44. The van der Waals surface area contributed by atoms with Crippen molar-refractivity contribution in [2.24, 2.45) is 5.92 Å². The maximum atomic E-state index is 13.8. The van der Waals surface area contributed by atoms with E-state index in [0.717, 1.165) is 16.7 Å². The monoisotopic (exact) mass is 523 g/mol. The van der Waals surface area contributed by atoms with E-state index in [1.807, 2.05) is 112 Å². The Morgan fingerprint density at radius 1 is 0.872 bits per heavy atom. The fourth-order valence-corrected chi connectivity index (χ4v) is 5.19. The fourth-order valence-electron chi connectivity index (χ4n) is 5.19. The fraction of sp³-hybridized carbons (Fsp3) is 0.303. The normalized spacial score (nSPS) is 15.4. The van der Waals surface area contributed by atoms with E-state index in [4.69, 9.17) is 0 Å². The number of hydrogen-bond acceptors (Lipinski definition) is 3. The van der Waals surface area contributed by atoms with Crippen molar-refractivity contribution in [3.8, 4) is 0 Å². The van der Waals surface area contributed by atoms with Crippen molar-refractivity contribution in [3.05, 3.63) is 119 Å². The van der Waals surface area contributed by atoms with E-state index in [2.05, 4.69) is 5.32 Å². The number of rotatable bonds is 10. The average Bonchev–Trinajstić information content (AvgIpc) is 2.97. The standard InChI is InChI=1S/C33H37N3O3/c1-4-35(5-2)33(39)29-21-28(32(38)36(24(29)3)23-25-15-9-6-10-16-25)22-30(37)34-31(26-17-11-7-12-18-26)27-19-13-8-14-20-27/h6-20,28,31H,4-5,21-23H2,1-3H3,(H,34,37). The van der Waals surface area contributed by atoms with Gasteiger partial charge in [-0.05, 0) is 43.9 Å². The number of carbonyl (C=O) groups is 3. The molecule has 0 radical (unpaired) electrons. The summed E-state index contributed by atoms with van der Waals surface area (Å²) in [5.74, 6) is -1.04. The minimum atomic E-state index is -0.626. The number of hydrogen-bond donors (Lipinski definition) is 1. The minimum Gasteiger partial charge on any atom is -0.345 e. The summed E-state index contributed by atoms with van der Waals surface area (Å²) in [6, 6.07) is 29.0. The number of allylic oxidation sites excluding steroid dienone is 1. The highest BCUT2D eigenvalue weighted by atomic mass is 16.2. The first kappa shape index (κ1) is 27.8. The molecule has 6 nitrogen and oxygen atoms in total. The van der Waals surface area contributed by atoms with Crippen molar-refractivity contribution in [3.63, 3.8) is 0 Å². The molecule has 1 aliphatic heterocycles. The molecule has 0 saturated carbocycles. The van der Waals surface area contributed by atoms with Crippen LogP contribution in [0.4, 0.5) is 0 Å². The second kappa shape index (κ2) is 13.1. The topological polar surface area (TPSA) is 69.7 Å². The highest BCUT2D eigenvalue weighted by molar-refractivity contribution is 5.98. The summed E-state index contributed by atoms with van der Waals surface area (Å²) >= 11 is 0. The lowest BCUT2D eigenvalue weighted by Gasteiger charge is -2.36. The van der Waals surface area contributed by atoms with Crippen LogP contribution < -0.4 is 5.32 Å². The molecule has 0 aliphatic carbocycles. The molecule has 202 valence electrons. The summed E-state index contributed by atoms with van der Waals surface area (Å²) in [6.45, 7) is 7.26. The average molecular weight is 524 g/mol. The smallest absolute Gasteiger partial charge is 0.251 e. The first-order valence-electron chi connectivity index (χ1n) is 13.7. The Hall–Kier alpha value is -4.19. The van der Waals surface area contributed by atoms with Crippen molar-refractivity contribution in [2.45, 2.75) is 46.2 Å². The van der Waals surface area contributed by atoms with Gasteiger partial charge in [0.25, 0.3) is 5.91 Å². The van der Waals surface area contributed by atoms with Crippen molar-refractivity contribution in [1.29, 1.82) is 0 Å². The predicted molar refractivity (Wildman–Crippen MR) is 153 cm³/mol. The van der Waals surface area contributed by atoms with Crippen LogP contribution >= 0.6 is 0 Å². The maximum absolute atomic E-state index is 13.8. The van der Waals surface area contributed by atoms with Gasteiger partial charge in [-0.3, -0.25) is 14.4 Å². The Morgan fingerprint density at radius 2 is 1.38 bits per heavy atom. The lowest BCUT2D eigenvalue weighted by molar-refractivity contribution is -0.139. The molecular weight excluding hydrogens is 486 g/mol. The Kier molecular flexibility index (Phi) is 9.31. The molecule has 1 unspecified atom stereocenters. The number of nitrogens with zero attached hydrogens (tertiary/aromatic N) is 2. The molecule has 6 heteroatoms. The third-order valence-electron chi connectivity index (χ3n) is 7.40. The van der Waals surface area contributed by atoms with E-state index in [1.54, 1.807) is 9.80 Å². The molecule has 4 rings (SSSR count). The van der Waals surface area contributed by atoms with Crippen molar-refractivity contribution in [1.82, 2.24) is 15.1 Å². The molecule has 0 bridgehead atoms. The molecule has 0 aromatic heterocycles. The first-order valence-corrected chi connectivity index (χ1v) is 13.7. The van der Waals surface area contributed by atoms with Crippen LogP contribution in [0.1, 0.15) is 56.3 Å². The third-order valence-corrected chi connectivity index (χ3v) is 7.40. The van der Waals surface area contributed by atoms with E-state index in [-0.39, 0.29) is 36.6 Å². The van der Waals surface area contributed by atoms with E-state index in [9.17, 15) is 14.4 Å². The van der Waals surface area contributed by atoms with Gasteiger partial charge >= 0.3 is 0 Å². The number of benzene rings is 3. The Morgan fingerprint density at radius 3 is 1.90 bits per heavy atom. The Balaban J connectivity index is 1.60. The van der Waals surface area contributed by atoms with Crippen LogP contribution in [0.3, 0.4) is 0 Å². The van der Waals surface area contributed by atoms with Gasteiger partial charge in [-0.15, -0.1) is 0 Å². The molecule has 0 saturated heterocycles. The van der Waals surface area contributed by atoms with E-state index in [1.165, 1.54) is 0 Å².